The van der Waals surface area contributed by atoms with E-state index in [-0.39, 0.29) is 42.8 Å². The molecule has 0 spiro atoms. The molecule has 0 aliphatic heterocycles. The van der Waals surface area contributed by atoms with Crippen LogP contribution in [0, 0.1) is 5.92 Å². The molecule has 7 N–H and O–H groups in total. The van der Waals surface area contributed by atoms with Crippen LogP contribution in [-0.2, 0) is 31.0 Å². The number of nitrogens with zero attached hydrogens (tertiary/aromatic N) is 3. The predicted molar refractivity (Wildman–Crippen MR) is 168 cm³/mol. The van der Waals surface area contributed by atoms with Gasteiger partial charge in [0.2, 0.25) is 27.7 Å². The van der Waals surface area contributed by atoms with Gasteiger partial charge in [0.15, 0.2) is 0 Å². The van der Waals surface area contributed by atoms with Crippen molar-refractivity contribution >= 4 is 27.7 Å². The molecule has 1 saturated carbocycles. The summed E-state index contributed by atoms with van der Waals surface area (Å²) in [6.07, 6.45) is 6.84. The lowest BCUT2D eigenvalue weighted by Gasteiger charge is -2.28. The lowest BCUT2D eigenvalue weighted by molar-refractivity contribution is -0.137. The number of likely N-dealkylation sites (N-methyl/N-ethyl adjacent to an activating group) is 1. The Labute approximate surface area is 257 Å². The number of carbonyl (C=O) groups is 3. The molecule has 2 rings (SSSR count). The monoisotopic (exact) mass is 623 g/mol. The number of hydrogen-bond donors (Lipinski definition) is 4. The van der Waals surface area contributed by atoms with Crippen molar-refractivity contribution in [2.45, 2.75) is 88.7 Å². The van der Waals surface area contributed by atoms with E-state index in [1.54, 1.807) is 45.2 Å². The van der Waals surface area contributed by atoms with Crippen molar-refractivity contribution in [3.63, 3.8) is 0 Å². The average molecular weight is 624 g/mol. The summed E-state index contributed by atoms with van der Waals surface area (Å²) in [5.74, 6) is -0.638. The second-order valence-corrected chi connectivity index (χ2v) is 13.3. The van der Waals surface area contributed by atoms with Crippen molar-refractivity contribution in [2.75, 3.05) is 46.3 Å². The summed E-state index contributed by atoms with van der Waals surface area (Å²) < 4.78 is 27.1. The van der Waals surface area contributed by atoms with Crippen LogP contribution in [0.15, 0.2) is 29.2 Å². The third-order valence-electron chi connectivity index (χ3n) is 8.15. The number of nitrogens with two attached hydrogens (primary N) is 3. The molecule has 2 atom stereocenters. The van der Waals surface area contributed by atoms with Gasteiger partial charge in [-0.15, -0.1) is 0 Å². The minimum atomic E-state index is -3.58. The number of benzene rings is 1. The van der Waals surface area contributed by atoms with E-state index in [4.69, 9.17) is 17.2 Å². The minimum absolute atomic E-state index is 0.201. The number of nitrogens with one attached hydrogen (secondary N) is 1. The standard InChI is InChI=1S/C30H53N7O5S/c1-4-37(5-2)43(41,42)25-14-11-24(12-15-25)22-35(3)30(40)27(16-13-23-9-7-6-8-10-23)34-29(39)26(33)21-28(38)36(19-17-31)20-18-32/h11-12,14-15,23,26-27H,4-10,13,16-22,31-33H2,1-3H3,(H,34,39)/t26-,27-/m0/s1. The Kier molecular flexibility index (Phi) is 15.6. The maximum absolute atomic E-state index is 13.6. The maximum atomic E-state index is 13.6. The lowest BCUT2D eigenvalue weighted by Crippen LogP contribution is -2.53. The van der Waals surface area contributed by atoms with Crippen molar-refractivity contribution < 1.29 is 22.8 Å². The Morgan fingerprint density at radius 3 is 2.09 bits per heavy atom. The molecule has 0 radical (unpaired) electrons. The quantitative estimate of drug-likeness (QED) is 0.186. The van der Waals surface area contributed by atoms with E-state index in [1.807, 2.05) is 0 Å². The van der Waals surface area contributed by atoms with Gasteiger partial charge in [0, 0.05) is 52.9 Å². The normalized spacial score (nSPS) is 15.6. The second-order valence-electron chi connectivity index (χ2n) is 11.3. The zero-order chi connectivity index (χ0) is 32.0. The predicted octanol–water partition coefficient (Wildman–Crippen LogP) is 0.984. The third kappa shape index (κ3) is 11.1. The third-order valence-corrected chi connectivity index (χ3v) is 10.2. The molecule has 13 heteroatoms. The van der Waals surface area contributed by atoms with Crippen LogP contribution in [0.4, 0.5) is 0 Å². The summed E-state index contributed by atoms with van der Waals surface area (Å²) in [6, 6.07) is 4.59. The summed E-state index contributed by atoms with van der Waals surface area (Å²) in [7, 11) is -1.93. The topological polar surface area (TPSA) is 185 Å². The number of amides is 3. The number of carbonyl (C=O) groups excluding carboxylic acids is 3. The van der Waals surface area contributed by atoms with E-state index in [1.165, 1.54) is 33.4 Å². The minimum Gasteiger partial charge on any atom is -0.343 e. The van der Waals surface area contributed by atoms with Gasteiger partial charge < -0.3 is 32.3 Å². The van der Waals surface area contributed by atoms with E-state index < -0.39 is 28.0 Å². The molecule has 244 valence electrons. The molecule has 1 aromatic rings. The SMILES string of the molecule is CCN(CC)S(=O)(=O)c1ccc(CN(C)C(=O)[C@H](CCC2CCCCC2)NC(=O)[C@@H](N)CC(=O)N(CCN)CCN)cc1. The molecule has 1 aromatic carbocycles. The van der Waals surface area contributed by atoms with E-state index >= 15 is 0 Å². The first-order chi connectivity index (χ1) is 20.5. The van der Waals surface area contributed by atoms with E-state index in [0.29, 0.717) is 38.5 Å². The fraction of sp³-hybridized carbons (Fsp3) is 0.700. The highest BCUT2D eigenvalue weighted by Gasteiger charge is 2.29. The van der Waals surface area contributed by atoms with Crippen LogP contribution in [0.1, 0.15) is 70.8 Å². The molecular weight excluding hydrogens is 570 g/mol. The molecule has 1 aliphatic rings. The zero-order valence-electron chi connectivity index (χ0n) is 26.2. The Morgan fingerprint density at radius 1 is 0.977 bits per heavy atom. The Hall–Kier alpha value is -2.58. The van der Waals surface area contributed by atoms with Crippen LogP contribution < -0.4 is 22.5 Å². The van der Waals surface area contributed by atoms with E-state index in [0.717, 1.165) is 24.8 Å². The molecular formula is C30H53N7O5S. The van der Waals surface area contributed by atoms with Gasteiger partial charge in [-0.25, -0.2) is 8.42 Å². The molecule has 0 unspecified atom stereocenters. The number of rotatable bonds is 18. The largest absolute Gasteiger partial charge is 0.343 e. The maximum Gasteiger partial charge on any atom is 0.245 e. The van der Waals surface area contributed by atoms with Gasteiger partial charge in [0.1, 0.15) is 6.04 Å². The van der Waals surface area contributed by atoms with Gasteiger partial charge in [0.05, 0.1) is 17.4 Å². The smallest absolute Gasteiger partial charge is 0.245 e. The first-order valence-electron chi connectivity index (χ1n) is 15.6. The summed E-state index contributed by atoms with van der Waals surface area (Å²) in [5, 5.41) is 2.83. The van der Waals surface area contributed by atoms with E-state index in [2.05, 4.69) is 5.32 Å². The molecule has 0 heterocycles. The van der Waals surface area contributed by atoms with Crippen LogP contribution in [0.3, 0.4) is 0 Å². The van der Waals surface area contributed by atoms with Crippen LogP contribution in [0.5, 0.6) is 0 Å². The average Bonchev–Trinajstić information content (AvgIpc) is 2.99. The van der Waals surface area contributed by atoms with Crippen LogP contribution in [0.2, 0.25) is 0 Å². The molecule has 0 aromatic heterocycles. The molecule has 0 saturated heterocycles. The van der Waals surface area contributed by atoms with Gasteiger partial charge in [-0.1, -0.05) is 58.1 Å². The highest BCUT2D eigenvalue weighted by atomic mass is 32.2. The Bertz CT molecular complexity index is 1120. The van der Waals surface area contributed by atoms with Gasteiger partial charge in [-0.3, -0.25) is 14.4 Å². The zero-order valence-corrected chi connectivity index (χ0v) is 27.0. The molecule has 1 aliphatic carbocycles. The van der Waals surface area contributed by atoms with Gasteiger partial charge in [-0.05, 0) is 36.5 Å². The first kappa shape index (κ1) is 36.6. The summed E-state index contributed by atoms with van der Waals surface area (Å²) in [5.41, 5.74) is 18.1. The van der Waals surface area contributed by atoms with Crippen molar-refractivity contribution in [3.05, 3.63) is 29.8 Å². The molecule has 1 fully saturated rings. The molecule has 43 heavy (non-hydrogen) atoms. The number of sulfonamides is 1. The first-order valence-corrected chi connectivity index (χ1v) is 17.0. The van der Waals surface area contributed by atoms with Crippen LogP contribution in [-0.4, -0.2) is 98.6 Å². The van der Waals surface area contributed by atoms with E-state index in [9.17, 15) is 22.8 Å². The van der Waals surface area contributed by atoms with Crippen LogP contribution >= 0.6 is 0 Å². The lowest BCUT2D eigenvalue weighted by atomic mass is 9.85. The van der Waals surface area contributed by atoms with Crippen molar-refractivity contribution in [1.82, 2.24) is 19.4 Å². The number of hydrogen-bond acceptors (Lipinski definition) is 8. The fourth-order valence-corrected chi connectivity index (χ4v) is 7.05. The van der Waals surface area contributed by atoms with Crippen LogP contribution in [0.25, 0.3) is 0 Å². The van der Waals surface area contributed by atoms with Crippen molar-refractivity contribution in [2.24, 2.45) is 23.1 Å². The second kappa shape index (κ2) is 18.3. The summed E-state index contributed by atoms with van der Waals surface area (Å²) in [4.78, 5) is 42.7. The molecule has 12 nitrogen and oxygen atoms in total. The van der Waals surface area contributed by atoms with Crippen molar-refractivity contribution in [3.8, 4) is 0 Å². The molecule has 0 bridgehead atoms. The Morgan fingerprint density at radius 2 is 1.56 bits per heavy atom. The highest BCUT2D eigenvalue weighted by Crippen LogP contribution is 2.28. The summed E-state index contributed by atoms with van der Waals surface area (Å²) >= 11 is 0. The van der Waals surface area contributed by atoms with Gasteiger partial charge in [-0.2, -0.15) is 4.31 Å². The van der Waals surface area contributed by atoms with Gasteiger partial charge >= 0.3 is 0 Å². The Balaban J connectivity index is 2.12. The summed E-state index contributed by atoms with van der Waals surface area (Å²) in [6.45, 7) is 5.76. The van der Waals surface area contributed by atoms with Crippen molar-refractivity contribution in [1.29, 1.82) is 0 Å². The van der Waals surface area contributed by atoms with Gasteiger partial charge in [0.25, 0.3) is 0 Å². The fourth-order valence-electron chi connectivity index (χ4n) is 5.59. The molecule has 3 amide bonds. The highest BCUT2D eigenvalue weighted by molar-refractivity contribution is 7.89.